The van der Waals surface area contributed by atoms with Crippen LogP contribution in [0.5, 0.6) is 0 Å². The fraction of sp³-hybridized carbons (Fsp3) is 0.533. The number of benzene rings is 1. The van der Waals surface area contributed by atoms with Crippen molar-refractivity contribution in [3.8, 4) is 0 Å². The maximum Gasteiger partial charge on any atom is 0.337 e. The quantitative estimate of drug-likeness (QED) is 0.525. The van der Waals surface area contributed by atoms with Gasteiger partial charge in [-0.25, -0.2) is 4.79 Å². The Morgan fingerprint density at radius 2 is 1.83 bits per heavy atom. The minimum atomic E-state index is -0.283. The lowest BCUT2D eigenvalue weighted by Gasteiger charge is -2.04. The first-order valence-corrected chi connectivity index (χ1v) is 6.53. The summed E-state index contributed by atoms with van der Waals surface area (Å²) >= 11 is 0. The minimum absolute atomic E-state index is 0.283. The Balaban J connectivity index is 2.25. The number of methoxy groups -OCH3 is 1. The van der Waals surface area contributed by atoms with E-state index in [2.05, 4.69) is 11.7 Å². The zero-order chi connectivity index (χ0) is 13.2. The fourth-order valence-electron chi connectivity index (χ4n) is 1.70. The number of rotatable bonds is 8. The van der Waals surface area contributed by atoms with Crippen molar-refractivity contribution < 1.29 is 14.3 Å². The number of aryl methyl sites for hydroxylation is 1. The molecular weight excluding hydrogens is 228 g/mol. The third-order valence-corrected chi connectivity index (χ3v) is 2.73. The van der Waals surface area contributed by atoms with Crippen molar-refractivity contribution in [2.24, 2.45) is 0 Å². The first kappa shape index (κ1) is 14.7. The lowest BCUT2D eigenvalue weighted by atomic mass is 10.1. The van der Waals surface area contributed by atoms with E-state index in [1.54, 1.807) is 0 Å². The minimum Gasteiger partial charge on any atom is -0.465 e. The van der Waals surface area contributed by atoms with Gasteiger partial charge in [0.2, 0.25) is 0 Å². The highest BCUT2D eigenvalue weighted by Gasteiger charge is 2.03. The van der Waals surface area contributed by atoms with Crippen LogP contribution in [0.15, 0.2) is 24.3 Å². The largest absolute Gasteiger partial charge is 0.465 e. The van der Waals surface area contributed by atoms with Crippen LogP contribution in [0.4, 0.5) is 0 Å². The average molecular weight is 250 g/mol. The molecule has 0 aliphatic rings. The van der Waals surface area contributed by atoms with E-state index in [1.807, 2.05) is 24.3 Å². The molecule has 0 atom stereocenters. The molecule has 0 aromatic heterocycles. The zero-order valence-electron chi connectivity index (χ0n) is 11.3. The molecule has 0 saturated carbocycles. The summed E-state index contributed by atoms with van der Waals surface area (Å²) < 4.78 is 10.1. The van der Waals surface area contributed by atoms with E-state index in [-0.39, 0.29) is 5.97 Å². The number of esters is 1. The summed E-state index contributed by atoms with van der Waals surface area (Å²) in [6.45, 7) is 3.81. The predicted molar refractivity (Wildman–Crippen MR) is 71.8 cm³/mol. The van der Waals surface area contributed by atoms with Crippen LogP contribution in [0.2, 0.25) is 0 Å². The molecule has 3 heteroatoms. The number of carbonyl (C=O) groups excluding carboxylic acids is 1. The monoisotopic (exact) mass is 250 g/mol. The van der Waals surface area contributed by atoms with Gasteiger partial charge >= 0.3 is 5.97 Å². The Morgan fingerprint density at radius 3 is 2.44 bits per heavy atom. The average Bonchev–Trinajstić information content (AvgIpc) is 2.42. The molecule has 0 unspecified atom stereocenters. The molecule has 18 heavy (non-hydrogen) atoms. The molecule has 1 aromatic rings. The third kappa shape index (κ3) is 5.32. The van der Waals surface area contributed by atoms with Gasteiger partial charge in [-0.1, -0.05) is 19.1 Å². The molecule has 100 valence electrons. The Morgan fingerprint density at radius 1 is 1.11 bits per heavy atom. The maximum atomic E-state index is 11.2. The van der Waals surface area contributed by atoms with Crippen LogP contribution >= 0.6 is 0 Å². The molecular formula is C15H22O3. The van der Waals surface area contributed by atoms with Crippen molar-refractivity contribution in [1.82, 2.24) is 0 Å². The molecule has 0 aliphatic carbocycles. The summed E-state index contributed by atoms with van der Waals surface area (Å²) in [4.78, 5) is 11.2. The van der Waals surface area contributed by atoms with Gasteiger partial charge in [0, 0.05) is 13.2 Å². The van der Waals surface area contributed by atoms with E-state index >= 15 is 0 Å². The molecule has 1 aromatic carbocycles. The van der Waals surface area contributed by atoms with Crippen LogP contribution in [-0.2, 0) is 15.9 Å². The van der Waals surface area contributed by atoms with Crippen molar-refractivity contribution in [3.05, 3.63) is 35.4 Å². The number of hydrogen-bond donors (Lipinski definition) is 0. The maximum absolute atomic E-state index is 11.2. The number of carbonyl (C=O) groups is 1. The molecule has 0 radical (unpaired) electrons. The second kappa shape index (κ2) is 8.70. The van der Waals surface area contributed by atoms with Gasteiger partial charge in [0.15, 0.2) is 0 Å². The summed E-state index contributed by atoms with van der Waals surface area (Å²) in [5, 5.41) is 0. The highest BCUT2D eigenvalue weighted by Crippen LogP contribution is 2.09. The van der Waals surface area contributed by atoms with Crippen molar-refractivity contribution in [2.45, 2.75) is 32.6 Å². The smallest absolute Gasteiger partial charge is 0.337 e. The Labute approximate surface area is 109 Å². The van der Waals surface area contributed by atoms with Crippen LogP contribution in [0.1, 0.15) is 42.1 Å². The Hall–Kier alpha value is -1.35. The van der Waals surface area contributed by atoms with E-state index < -0.39 is 0 Å². The van der Waals surface area contributed by atoms with Crippen LogP contribution < -0.4 is 0 Å². The molecule has 0 N–H and O–H groups in total. The normalized spacial score (nSPS) is 10.3. The summed E-state index contributed by atoms with van der Waals surface area (Å²) in [5.74, 6) is -0.283. The van der Waals surface area contributed by atoms with E-state index in [1.165, 1.54) is 12.7 Å². The molecule has 0 saturated heterocycles. The van der Waals surface area contributed by atoms with Crippen LogP contribution in [0.25, 0.3) is 0 Å². The second-order valence-electron chi connectivity index (χ2n) is 4.26. The predicted octanol–water partition coefficient (Wildman–Crippen LogP) is 3.22. The van der Waals surface area contributed by atoms with Gasteiger partial charge in [-0.05, 0) is 43.4 Å². The molecule has 0 fully saturated rings. The van der Waals surface area contributed by atoms with Crippen LogP contribution in [0.3, 0.4) is 0 Å². The molecule has 3 nitrogen and oxygen atoms in total. The summed E-state index contributed by atoms with van der Waals surface area (Å²) in [6.07, 6.45) is 4.30. The summed E-state index contributed by atoms with van der Waals surface area (Å²) in [6, 6.07) is 7.60. The standard InChI is InChI=1S/C15H22O3/c1-3-11-18-12-5-4-6-13-7-9-14(10-8-13)15(16)17-2/h7-10H,3-6,11-12H2,1-2H3. The van der Waals surface area contributed by atoms with E-state index in [9.17, 15) is 4.79 Å². The molecule has 0 bridgehead atoms. The molecule has 1 rings (SSSR count). The third-order valence-electron chi connectivity index (χ3n) is 2.73. The first-order chi connectivity index (χ1) is 8.77. The van der Waals surface area contributed by atoms with Crippen molar-refractivity contribution >= 4 is 5.97 Å². The van der Waals surface area contributed by atoms with Gasteiger partial charge in [0.25, 0.3) is 0 Å². The van der Waals surface area contributed by atoms with Crippen LogP contribution in [0, 0.1) is 0 Å². The second-order valence-corrected chi connectivity index (χ2v) is 4.26. The molecule has 0 heterocycles. The number of unbranched alkanes of at least 4 members (excludes halogenated alkanes) is 1. The number of hydrogen-bond acceptors (Lipinski definition) is 3. The van der Waals surface area contributed by atoms with E-state index in [4.69, 9.17) is 4.74 Å². The van der Waals surface area contributed by atoms with Gasteiger partial charge < -0.3 is 9.47 Å². The Bertz CT molecular complexity index is 343. The molecule has 0 spiro atoms. The molecule has 0 amide bonds. The number of ether oxygens (including phenoxy) is 2. The van der Waals surface area contributed by atoms with E-state index in [0.717, 1.165) is 38.9 Å². The lowest BCUT2D eigenvalue weighted by molar-refractivity contribution is 0.0600. The fourth-order valence-corrected chi connectivity index (χ4v) is 1.70. The van der Waals surface area contributed by atoms with Gasteiger partial charge in [-0.15, -0.1) is 0 Å². The topological polar surface area (TPSA) is 35.5 Å². The SMILES string of the molecule is CCCOCCCCc1ccc(C(=O)OC)cc1. The van der Waals surface area contributed by atoms with Gasteiger partial charge in [-0.3, -0.25) is 0 Å². The highest BCUT2D eigenvalue weighted by atomic mass is 16.5. The van der Waals surface area contributed by atoms with Crippen molar-refractivity contribution in [3.63, 3.8) is 0 Å². The van der Waals surface area contributed by atoms with Gasteiger partial charge in [0.05, 0.1) is 12.7 Å². The summed E-state index contributed by atoms with van der Waals surface area (Å²) in [7, 11) is 1.40. The molecule has 0 aliphatic heterocycles. The zero-order valence-corrected chi connectivity index (χ0v) is 11.3. The van der Waals surface area contributed by atoms with Gasteiger partial charge in [0.1, 0.15) is 0 Å². The van der Waals surface area contributed by atoms with Gasteiger partial charge in [-0.2, -0.15) is 0 Å². The lowest BCUT2D eigenvalue weighted by Crippen LogP contribution is -2.01. The summed E-state index contributed by atoms with van der Waals surface area (Å²) in [5.41, 5.74) is 1.85. The van der Waals surface area contributed by atoms with E-state index in [0.29, 0.717) is 5.56 Å². The highest BCUT2D eigenvalue weighted by molar-refractivity contribution is 5.89. The van der Waals surface area contributed by atoms with Crippen molar-refractivity contribution in [1.29, 1.82) is 0 Å². The van der Waals surface area contributed by atoms with Crippen molar-refractivity contribution in [2.75, 3.05) is 20.3 Å². The Kier molecular flexibility index (Phi) is 7.11. The first-order valence-electron chi connectivity index (χ1n) is 6.53. The van der Waals surface area contributed by atoms with Crippen LogP contribution in [-0.4, -0.2) is 26.3 Å².